The minimum Gasteiger partial charge on any atom is -0.373 e. The van der Waals surface area contributed by atoms with Crippen LogP contribution in [-0.4, -0.2) is 22.7 Å². The van der Waals surface area contributed by atoms with Gasteiger partial charge in [0.25, 0.3) is 0 Å². The highest BCUT2D eigenvalue weighted by Crippen LogP contribution is 2.28. The van der Waals surface area contributed by atoms with E-state index in [9.17, 15) is 0 Å². The molecular weight excluding hydrogens is 380 g/mol. The van der Waals surface area contributed by atoms with Crippen LogP contribution in [0.5, 0.6) is 0 Å². The maximum absolute atomic E-state index is 5.99. The highest BCUT2D eigenvalue weighted by Gasteiger charge is 2.11. The van der Waals surface area contributed by atoms with Gasteiger partial charge >= 0.3 is 0 Å². The third-order valence-corrected chi connectivity index (χ3v) is 4.15. The summed E-state index contributed by atoms with van der Waals surface area (Å²) in [7, 11) is 1.84. The van der Waals surface area contributed by atoms with E-state index >= 15 is 0 Å². The summed E-state index contributed by atoms with van der Waals surface area (Å²) in [5.41, 5.74) is 3.60. The zero-order valence-corrected chi connectivity index (χ0v) is 18.2. The summed E-state index contributed by atoms with van der Waals surface area (Å²) < 4.78 is 0. The molecule has 0 saturated carbocycles. The van der Waals surface area contributed by atoms with Crippen LogP contribution in [0.15, 0.2) is 72.4 Å². The molecule has 4 nitrogen and oxygen atoms in total. The van der Waals surface area contributed by atoms with Crippen molar-refractivity contribution in [1.82, 2.24) is 9.97 Å². The van der Waals surface area contributed by atoms with E-state index in [2.05, 4.69) is 41.8 Å². The van der Waals surface area contributed by atoms with Crippen molar-refractivity contribution >= 4 is 34.0 Å². The monoisotopic (exact) mass is 406 g/mol. The predicted octanol–water partition coefficient (Wildman–Crippen LogP) is 6.92. The first kappa shape index (κ1) is 22.3. The van der Waals surface area contributed by atoms with Gasteiger partial charge in [0.05, 0.1) is 5.52 Å². The van der Waals surface area contributed by atoms with Crippen LogP contribution in [0.1, 0.15) is 33.0 Å². The van der Waals surface area contributed by atoms with Crippen molar-refractivity contribution in [2.75, 3.05) is 12.4 Å². The Morgan fingerprint density at radius 1 is 1.10 bits per heavy atom. The van der Waals surface area contributed by atoms with Gasteiger partial charge in [0.1, 0.15) is 11.5 Å². The largest absolute Gasteiger partial charge is 0.373 e. The number of nitrogens with one attached hydrogen (secondary N) is 1. The third kappa shape index (κ3) is 5.75. The molecule has 0 bridgehead atoms. The molecule has 5 heteroatoms. The van der Waals surface area contributed by atoms with E-state index < -0.39 is 0 Å². The van der Waals surface area contributed by atoms with Gasteiger partial charge in [-0.15, -0.1) is 0 Å². The Hall–Kier alpha value is -2.98. The van der Waals surface area contributed by atoms with Gasteiger partial charge in [0.15, 0.2) is 5.82 Å². The lowest BCUT2D eigenvalue weighted by Gasteiger charge is -2.10. The molecule has 0 atom stereocenters. The molecule has 3 aromatic rings. The van der Waals surface area contributed by atoms with Gasteiger partial charge in [-0.3, -0.25) is 4.99 Å². The van der Waals surface area contributed by atoms with Crippen LogP contribution < -0.4 is 5.32 Å². The number of halogens is 1. The molecule has 1 N–H and O–H groups in total. The Morgan fingerprint density at radius 2 is 1.76 bits per heavy atom. The van der Waals surface area contributed by atoms with Gasteiger partial charge in [-0.1, -0.05) is 62.7 Å². The fraction of sp³-hybridized carbons (Fsp3) is 0.208. The molecule has 0 radical (unpaired) electrons. The van der Waals surface area contributed by atoms with Crippen molar-refractivity contribution in [2.24, 2.45) is 4.99 Å². The normalized spacial score (nSPS) is 11.3. The molecule has 2 aromatic carbocycles. The van der Waals surface area contributed by atoms with E-state index in [-0.39, 0.29) is 0 Å². The maximum Gasteiger partial charge on any atom is 0.180 e. The number of fused-ring (bicyclic) bond motifs is 1. The van der Waals surface area contributed by atoms with E-state index in [0.29, 0.717) is 16.6 Å². The Labute approximate surface area is 178 Å². The van der Waals surface area contributed by atoms with Gasteiger partial charge < -0.3 is 5.32 Å². The second-order valence-electron chi connectivity index (χ2n) is 6.29. The van der Waals surface area contributed by atoms with Crippen LogP contribution in [0.4, 0.5) is 5.82 Å². The lowest BCUT2D eigenvalue weighted by molar-refractivity contribution is 1.09. The Kier molecular flexibility index (Phi) is 8.56. The fourth-order valence-corrected chi connectivity index (χ4v) is 2.74. The van der Waals surface area contributed by atoms with Gasteiger partial charge in [-0.2, -0.15) is 0 Å². The van der Waals surface area contributed by atoms with Crippen molar-refractivity contribution in [3.63, 3.8) is 0 Å². The first-order valence-electron chi connectivity index (χ1n) is 9.65. The van der Waals surface area contributed by atoms with Gasteiger partial charge in [-0.05, 0) is 48.4 Å². The summed E-state index contributed by atoms with van der Waals surface area (Å²) >= 11 is 5.99. The molecule has 0 fully saturated rings. The summed E-state index contributed by atoms with van der Waals surface area (Å²) in [6, 6.07) is 13.9. The van der Waals surface area contributed by atoms with Gasteiger partial charge in [0, 0.05) is 23.7 Å². The molecule has 0 aliphatic carbocycles. The van der Waals surface area contributed by atoms with Gasteiger partial charge in [-0.25, -0.2) is 9.97 Å². The Balaban J connectivity index is 0.000000941. The second-order valence-corrected chi connectivity index (χ2v) is 6.73. The van der Waals surface area contributed by atoms with E-state index in [1.807, 2.05) is 56.4 Å². The average Bonchev–Trinajstić information content (AvgIpc) is 2.74. The van der Waals surface area contributed by atoms with Crippen molar-refractivity contribution < 1.29 is 0 Å². The maximum atomic E-state index is 5.99. The molecule has 1 aromatic heterocycles. The number of aliphatic imine (C=N–C) groups is 1. The first-order chi connectivity index (χ1) is 14.1. The second kappa shape index (κ2) is 11.1. The number of benzene rings is 2. The van der Waals surface area contributed by atoms with Crippen LogP contribution in [-0.2, 0) is 0 Å². The van der Waals surface area contributed by atoms with E-state index in [1.165, 1.54) is 6.42 Å². The van der Waals surface area contributed by atoms with Crippen molar-refractivity contribution in [1.29, 1.82) is 0 Å². The summed E-state index contributed by atoms with van der Waals surface area (Å²) in [5, 5.41) is 4.80. The average molecular weight is 407 g/mol. The predicted molar refractivity (Wildman–Crippen MR) is 127 cm³/mol. The number of hydrogen-bond acceptors (Lipinski definition) is 4. The Morgan fingerprint density at radius 3 is 2.34 bits per heavy atom. The molecule has 0 aliphatic rings. The minimum absolute atomic E-state index is 0.531. The molecule has 0 aliphatic heterocycles. The number of allylic oxidation sites excluding steroid dienone is 2. The molecule has 29 heavy (non-hydrogen) atoms. The third-order valence-electron chi connectivity index (χ3n) is 3.90. The lowest BCUT2D eigenvalue weighted by atomic mass is 10.0. The molecule has 150 valence electrons. The molecule has 0 saturated heterocycles. The SMILES string of the molecule is C=CC(=N/C=C\C)c1nc(NC)c2ccc(-c3ccc(Cl)cc3)cc2n1.CCC. The van der Waals surface area contributed by atoms with Crippen molar-refractivity contribution in [3.05, 3.63) is 78.2 Å². The van der Waals surface area contributed by atoms with Crippen molar-refractivity contribution in [2.45, 2.75) is 27.2 Å². The van der Waals surface area contributed by atoms with Crippen LogP contribution in [0, 0.1) is 0 Å². The van der Waals surface area contributed by atoms with Crippen LogP contribution in [0.3, 0.4) is 0 Å². The smallest absolute Gasteiger partial charge is 0.180 e. The summed E-state index contributed by atoms with van der Waals surface area (Å²) in [6.45, 7) is 9.98. The highest BCUT2D eigenvalue weighted by atomic mass is 35.5. The lowest BCUT2D eigenvalue weighted by Crippen LogP contribution is -2.07. The molecule has 0 unspecified atom stereocenters. The number of anilines is 1. The Bertz CT molecular complexity index is 1020. The van der Waals surface area contributed by atoms with Crippen LogP contribution >= 0.6 is 11.6 Å². The highest BCUT2D eigenvalue weighted by molar-refractivity contribution is 6.30. The van der Waals surface area contributed by atoms with Crippen LogP contribution in [0.25, 0.3) is 22.0 Å². The minimum atomic E-state index is 0.531. The molecule has 0 spiro atoms. The zero-order valence-electron chi connectivity index (χ0n) is 17.4. The molecule has 0 amide bonds. The topological polar surface area (TPSA) is 50.2 Å². The molecule has 1 heterocycles. The van der Waals surface area contributed by atoms with E-state index in [4.69, 9.17) is 16.6 Å². The summed E-state index contributed by atoms with van der Waals surface area (Å²) in [5.74, 6) is 1.28. The van der Waals surface area contributed by atoms with E-state index in [1.54, 1.807) is 12.3 Å². The first-order valence-corrected chi connectivity index (χ1v) is 10.0. The fourth-order valence-electron chi connectivity index (χ4n) is 2.61. The standard InChI is InChI=1S/C21H19ClN4.C3H8/c1-4-12-24-18(5-2)21-25-19-13-15(14-6-9-16(22)10-7-14)8-11-17(19)20(23-3)26-21;1-3-2/h4-13H,2H2,1,3H3,(H,23,25,26);3H2,1-2H3/b12-4-,24-18?;. The van der Waals surface area contributed by atoms with Crippen molar-refractivity contribution in [3.8, 4) is 11.1 Å². The zero-order chi connectivity index (χ0) is 21.2. The van der Waals surface area contributed by atoms with E-state index in [0.717, 1.165) is 27.8 Å². The van der Waals surface area contributed by atoms with Crippen LogP contribution in [0.2, 0.25) is 5.02 Å². The number of aromatic nitrogens is 2. The molecule has 3 rings (SSSR count). The van der Waals surface area contributed by atoms with Gasteiger partial charge in [0.2, 0.25) is 0 Å². The summed E-state index contributed by atoms with van der Waals surface area (Å²) in [4.78, 5) is 13.6. The number of hydrogen-bond donors (Lipinski definition) is 1. The quantitative estimate of drug-likeness (QED) is 0.468. The molecular formula is C24H27ClN4. The summed E-state index contributed by atoms with van der Waals surface area (Å²) in [6.07, 6.45) is 6.46. The number of rotatable bonds is 5. The number of nitrogens with zero attached hydrogens (tertiary/aromatic N) is 3.